The molecule has 1 aromatic carbocycles. The van der Waals surface area contributed by atoms with E-state index in [0.29, 0.717) is 13.0 Å². The molecular weight excluding hydrogens is 370 g/mol. The van der Waals surface area contributed by atoms with Gasteiger partial charge in [-0.25, -0.2) is 0 Å². The largest absolute Gasteiger partial charge is 0.481 e. The van der Waals surface area contributed by atoms with E-state index in [1.165, 1.54) is 11.1 Å². The number of aryl methyl sites for hydroxylation is 1. The molecule has 1 amide bonds. The molecule has 1 unspecified atom stereocenters. The van der Waals surface area contributed by atoms with Crippen molar-refractivity contribution in [3.63, 3.8) is 0 Å². The highest BCUT2D eigenvalue weighted by Gasteiger charge is 2.41. The van der Waals surface area contributed by atoms with Crippen LogP contribution in [-0.4, -0.2) is 34.0 Å². The van der Waals surface area contributed by atoms with Crippen LogP contribution in [0, 0.1) is 5.41 Å². The Labute approximate surface area is 173 Å². The maximum absolute atomic E-state index is 13.2. The van der Waals surface area contributed by atoms with Crippen LogP contribution in [0.1, 0.15) is 70.4 Å². The van der Waals surface area contributed by atoms with E-state index >= 15 is 0 Å². The van der Waals surface area contributed by atoms with Gasteiger partial charge in [0, 0.05) is 23.5 Å². The number of carboxylic acids is 1. The Kier molecular flexibility index (Phi) is 8.41. The number of nitrogens with one attached hydrogen (secondary N) is 1. The van der Waals surface area contributed by atoms with Crippen LogP contribution >= 0.6 is 11.8 Å². The van der Waals surface area contributed by atoms with E-state index in [1.807, 2.05) is 11.8 Å². The van der Waals surface area contributed by atoms with Crippen molar-refractivity contribution >= 4 is 23.6 Å². The minimum atomic E-state index is -0.732. The zero-order valence-corrected chi connectivity index (χ0v) is 18.4. The Morgan fingerprint density at radius 1 is 1.11 bits per heavy atom. The van der Waals surface area contributed by atoms with Crippen molar-refractivity contribution in [2.75, 3.05) is 12.3 Å². The molecule has 0 aromatic heterocycles. The second-order valence-electron chi connectivity index (χ2n) is 8.94. The Morgan fingerprint density at radius 3 is 2.46 bits per heavy atom. The van der Waals surface area contributed by atoms with Crippen molar-refractivity contribution in [2.45, 2.75) is 76.9 Å². The molecule has 0 radical (unpaired) electrons. The lowest BCUT2D eigenvalue weighted by molar-refractivity contribution is -0.137. The van der Waals surface area contributed by atoms with Gasteiger partial charge in [0.25, 0.3) is 0 Å². The first-order valence-electron chi connectivity index (χ1n) is 10.4. The number of carbonyl (C=O) groups excluding carboxylic acids is 1. The molecule has 0 bridgehead atoms. The molecule has 0 saturated carbocycles. The third-order valence-electron chi connectivity index (χ3n) is 5.39. The first-order valence-corrected chi connectivity index (χ1v) is 11.4. The first-order chi connectivity index (χ1) is 13.2. The molecule has 1 aromatic rings. The smallest absolute Gasteiger partial charge is 0.303 e. The summed E-state index contributed by atoms with van der Waals surface area (Å²) in [5.74, 6) is 0.295. The number of thioether (sulfide) groups is 1. The highest BCUT2D eigenvalue weighted by atomic mass is 32.2. The molecule has 0 saturated heterocycles. The van der Waals surface area contributed by atoms with E-state index in [4.69, 9.17) is 5.11 Å². The number of fused-ring (bicyclic) bond motifs is 1. The van der Waals surface area contributed by atoms with Gasteiger partial charge in [0.2, 0.25) is 5.91 Å². The lowest BCUT2D eigenvalue weighted by atomic mass is 9.72. The topological polar surface area (TPSA) is 66.4 Å². The zero-order chi connectivity index (χ0) is 20.6. The van der Waals surface area contributed by atoms with Crippen molar-refractivity contribution in [2.24, 2.45) is 5.41 Å². The lowest BCUT2D eigenvalue weighted by Crippen LogP contribution is -2.47. The van der Waals surface area contributed by atoms with Crippen LogP contribution in [0.2, 0.25) is 0 Å². The van der Waals surface area contributed by atoms with Gasteiger partial charge in [0.05, 0.1) is 5.41 Å². The average molecular weight is 406 g/mol. The minimum absolute atomic E-state index is 0.133. The predicted molar refractivity (Wildman–Crippen MR) is 117 cm³/mol. The Hall–Kier alpha value is -1.49. The third kappa shape index (κ3) is 7.16. The van der Waals surface area contributed by atoms with Gasteiger partial charge in [0.15, 0.2) is 0 Å². The van der Waals surface area contributed by atoms with Crippen molar-refractivity contribution < 1.29 is 14.7 Å². The standard InChI is InChI=1S/C23H35NO3S/c1-22(2,3)28-17-23(14-13-18-10-7-8-11-19(18)16-23)21(27)24-15-9-5-4-6-12-20(25)26/h7-8,10-11H,4-6,9,12-17H2,1-3H3,(H,24,27)(H,25,26). The van der Waals surface area contributed by atoms with Crippen LogP contribution in [-0.2, 0) is 22.4 Å². The molecule has 156 valence electrons. The summed E-state index contributed by atoms with van der Waals surface area (Å²) in [6.07, 6.45) is 6.40. The fourth-order valence-corrected chi connectivity index (χ4v) is 4.77. The van der Waals surface area contributed by atoms with E-state index < -0.39 is 5.97 Å². The van der Waals surface area contributed by atoms with Crippen molar-refractivity contribution in [1.29, 1.82) is 0 Å². The second-order valence-corrected chi connectivity index (χ2v) is 10.7. The zero-order valence-electron chi connectivity index (χ0n) is 17.6. The summed E-state index contributed by atoms with van der Waals surface area (Å²) in [7, 11) is 0. The van der Waals surface area contributed by atoms with E-state index in [1.54, 1.807) is 0 Å². The number of benzene rings is 1. The van der Waals surface area contributed by atoms with Crippen LogP contribution in [0.15, 0.2) is 24.3 Å². The number of aliphatic carboxylic acids is 1. The van der Waals surface area contributed by atoms with E-state index in [0.717, 1.165) is 44.3 Å². The molecule has 28 heavy (non-hydrogen) atoms. The van der Waals surface area contributed by atoms with Crippen molar-refractivity contribution in [3.8, 4) is 0 Å². The van der Waals surface area contributed by atoms with E-state index in [-0.39, 0.29) is 22.5 Å². The normalized spacial score (nSPS) is 19.1. The number of rotatable bonds is 10. The molecule has 0 fully saturated rings. The van der Waals surface area contributed by atoms with Crippen LogP contribution in [0.5, 0.6) is 0 Å². The van der Waals surface area contributed by atoms with Crippen LogP contribution < -0.4 is 5.32 Å². The molecule has 0 spiro atoms. The number of carbonyl (C=O) groups is 2. The Bertz CT molecular complexity index is 668. The van der Waals surface area contributed by atoms with Gasteiger partial charge in [-0.3, -0.25) is 9.59 Å². The first kappa shape index (κ1) is 22.8. The second kappa shape index (κ2) is 10.3. The molecule has 1 aliphatic rings. The molecule has 0 aliphatic heterocycles. The average Bonchev–Trinajstić information content (AvgIpc) is 2.64. The maximum Gasteiger partial charge on any atom is 0.303 e. The summed E-state index contributed by atoms with van der Waals surface area (Å²) in [5.41, 5.74) is 2.35. The number of hydrogen-bond donors (Lipinski definition) is 2. The van der Waals surface area contributed by atoms with E-state index in [2.05, 4.69) is 50.4 Å². The Morgan fingerprint density at radius 2 is 1.79 bits per heavy atom. The summed E-state index contributed by atoms with van der Waals surface area (Å²) in [6.45, 7) is 7.29. The number of amides is 1. The molecule has 4 nitrogen and oxygen atoms in total. The molecule has 1 atom stereocenters. The summed E-state index contributed by atoms with van der Waals surface area (Å²) in [5, 5.41) is 11.9. The fourth-order valence-electron chi connectivity index (χ4n) is 3.68. The predicted octanol–water partition coefficient (Wildman–Crippen LogP) is 4.84. The van der Waals surface area contributed by atoms with Crippen LogP contribution in [0.4, 0.5) is 0 Å². The molecule has 1 aliphatic carbocycles. The van der Waals surface area contributed by atoms with Crippen molar-refractivity contribution in [3.05, 3.63) is 35.4 Å². The Balaban J connectivity index is 1.92. The third-order valence-corrected chi connectivity index (χ3v) is 6.95. The summed E-state index contributed by atoms with van der Waals surface area (Å²) >= 11 is 1.88. The van der Waals surface area contributed by atoms with Gasteiger partial charge in [-0.15, -0.1) is 0 Å². The van der Waals surface area contributed by atoms with Gasteiger partial charge in [-0.05, 0) is 43.2 Å². The minimum Gasteiger partial charge on any atom is -0.481 e. The van der Waals surface area contributed by atoms with Gasteiger partial charge in [0.1, 0.15) is 0 Å². The number of hydrogen-bond acceptors (Lipinski definition) is 3. The molecule has 5 heteroatoms. The molecule has 2 N–H and O–H groups in total. The fraction of sp³-hybridized carbons (Fsp3) is 0.652. The monoisotopic (exact) mass is 405 g/mol. The molecule has 2 rings (SSSR count). The molecular formula is C23H35NO3S. The SMILES string of the molecule is CC(C)(C)SCC1(C(=O)NCCCCCCC(=O)O)CCc2ccccc2C1. The number of carboxylic acid groups (broad SMARTS) is 1. The highest BCUT2D eigenvalue weighted by Crippen LogP contribution is 2.41. The number of unbranched alkanes of at least 4 members (excludes halogenated alkanes) is 3. The molecule has 0 heterocycles. The summed E-state index contributed by atoms with van der Waals surface area (Å²) in [4.78, 5) is 23.8. The summed E-state index contributed by atoms with van der Waals surface area (Å²) < 4.78 is 0.133. The quantitative estimate of drug-likeness (QED) is 0.546. The van der Waals surface area contributed by atoms with E-state index in [9.17, 15) is 9.59 Å². The van der Waals surface area contributed by atoms with Gasteiger partial charge < -0.3 is 10.4 Å². The highest BCUT2D eigenvalue weighted by molar-refractivity contribution is 8.00. The van der Waals surface area contributed by atoms with Gasteiger partial charge in [-0.1, -0.05) is 57.9 Å². The van der Waals surface area contributed by atoms with Gasteiger partial charge >= 0.3 is 5.97 Å². The summed E-state index contributed by atoms with van der Waals surface area (Å²) in [6, 6.07) is 8.51. The lowest BCUT2D eigenvalue weighted by Gasteiger charge is -2.38. The maximum atomic E-state index is 13.2. The van der Waals surface area contributed by atoms with Crippen LogP contribution in [0.25, 0.3) is 0 Å². The van der Waals surface area contributed by atoms with Crippen LogP contribution in [0.3, 0.4) is 0 Å². The van der Waals surface area contributed by atoms with Crippen molar-refractivity contribution in [1.82, 2.24) is 5.32 Å². The van der Waals surface area contributed by atoms with Gasteiger partial charge in [-0.2, -0.15) is 11.8 Å².